The molecule has 2 atom stereocenters. The molecule has 0 spiro atoms. The van der Waals surface area contributed by atoms with Gasteiger partial charge in [0.05, 0.1) is 6.61 Å². The second-order valence-corrected chi connectivity index (χ2v) is 4.31. The maximum absolute atomic E-state index is 13.9. The van der Waals surface area contributed by atoms with Crippen molar-refractivity contribution in [2.24, 2.45) is 0 Å². The summed E-state index contributed by atoms with van der Waals surface area (Å²) in [6, 6.07) is 6.87. The van der Waals surface area contributed by atoms with Crippen LogP contribution in [0.3, 0.4) is 0 Å². The molecule has 18 heavy (non-hydrogen) atoms. The lowest BCUT2D eigenvalue weighted by Gasteiger charge is -2.26. The van der Waals surface area contributed by atoms with Crippen molar-refractivity contribution in [3.05, 3.63) is 35.4 Å². The van der Waals surface area contributed by atoms with Gasteiger partial charge >= 0.3 is 5.97 Å². The largest absolute Gasteiger partial charge is 0.464 e. The Balaban J connectivity index is 2.93. The van der Waals surface area contributed by atoms with Gasteiger partial charge in [0.25, 0.3) is 0 Å². The minimum absolute atomic E-state index is 0.0874. The number of hydrogen-bond acceptors (Lipinski definition) is 3. The summed E-state index contributed by atoms with van der Waals surface area (Å²) < 4.78 is 18.5. The summed E-state index contributed by atoms with van der Waals surface area (Å²) in [5.74, 6) is -1.04. The highest BCUT2D eigenvalue weighted by Crippen LogP contribution is 2.28. The van der Waals surface area contributed by atoms with Gasteiger partial charge in [-0.25, -0.2) is 9.18 Å². The first-order valence-corrected chi connectivity index (χ1v) is 6.06. The molecule has 1 rings (SSSR count). The van der Waals surface area contributed by atoms with Gasteiger partial charge in [0.15, 0.2) is 0 Å². The van der Waals surface area contributed by atoms with Crippen LogP contribution in [-0.2, 0) is 21.6 Å². The van der Waals surface area contributed by atoms with Crippen LogP contribution in [0.1, 0.15) is 31.9 Å². The van der Waals surface area contributed by atoms with Crippen molar-refractivity contribution in [1.29, 1.82) is 0 Å². The second kappa shape index (κ2) is 5.96. The summed E-state index contributed by atoms with van der Waals surface area (Å²) in [5, 5.41) is 10.1. The van der Waals surface area contributed by atoms with Crippen LogP contribution in [0.15, 0.2) is 24.3 Å². The Hall–Kier alpha value is -1.42. The molecule has 1 aromatic carbocycles. The lowest BCUT2D eigenvalue weighted by molar-refractivity contribution is -0.160. The number of carbonyl (C=O) groups is 1. The Morgan fingerprint density at radius 1 is 1.39 bits per heavy atom. The van der Waals surface area contributed by atoms with Gasteiger partial charge < -0.3 is 9.84 Å². The van der Waals surface area contributed by atoms with Crippen LogP contribution in [0.4, 0.5) is 4.39 Å². The fourth-order valence-electron chi connectivity index (χ4n) is 1.67. The van der Waals surface area contributed by atoms with Crippen molar-refractivity contribution in [3.63, 3.8) is 0 Å². The zero-order valence-corrected chi connectivity index (χ0v) is 10.9. The molecule has 2 unspecified atom stereocenters. The van der Waals surface area contributed by atoms with Crippen molar-refractivity contribution in [3.8, 4) is 0 Å². The summed E-state index contributed by atoms with van der Waals surface area (Å²) in [7, 11) is 0. The van der Waals surface area contributed by atoms with Crippen LogP contribution >= 0.6 is 0 Å². The van der Waals surface area contributed by atoms with E-state index >= 15 is 0 Å². The molecule has 1 aromatic rings. The lowest BCUT2D eigenvalue weighted by atomic mass is 9.90. The van der Waals surface area contributed by atoms with Crippen molar-refractivity contribution >= 4 is 5.97 Å². The van der Waals surface area contributed by atoms with Crippen molar-refractivity contribution in [2.75, 3.05) is 6.61 Å². The quantitative estimate of drug-likeness (QED) is 0.820. The zero-order chi connectivity index (χ0) is 13.8. The highest BCUT2D eigenvalue weighted by Gasteiger charge is 2.40. The fraction of sp³-hybridized carbons (Fsp3) is 0.500. The van der Waals surface area contributed by atoms with Gasteiger partial charge in [0, 0.05) is 0 Å². The van der Waals surface area contributed by atoms with E-state index in [4.69, 9.17) is 0 Å². The van der Waals surface area contributed by atoms with Gasteiger partial charge in [0.2, 0.25) is 6.17 Å². The molecular formula is C14H19FO3. The molecule has 0 bridgehead atoms. The number of rotatable bonds is 5. The minimum atomic E-state index is -2.09. The van der Waals surface area contributed by atoms with Gasteiger partial charge in [-0.3, -0.25) is 0 Å². The fourth-order valence-corrected chi connectivity index (χ4v) is 1.67. The minimum Gasteiger partial charge on any atom is -0.464 e. The van der Waals surface area contributed by atoms with Crippen LogP contribution in [0, 0.1) is 0 Å². The monoisotopic (exact) mass is 254 g/mol. The van der Waals surface area contributed by atoms with Crippen LogP contribution in [0.2, 0.25) is 0 Å². The Labute approximate surface area is 107 Å². The Morgan fingerprint density at radius 3 is 2.39 bits per heavy atom. The molecular weight excluding hydrogens is 235 g/mol. The zero-order valence-electron chi connectivity index (χ0n) is 10.9. The molecule has 0 heterocycles. The second-order valence-electron chi connectivity index (χ2n) is 4.31. The van der Waals surface area contributed by atoms with Crippen molar-refractivity contribution in [1.82, 2.24) is 0 Å². The summed E-state index contributed by atoms with van der Waals surface area (Å²) in [6.07, 6.45) is -1.23. The Bertz CT molecular complexity index is 398. The van der Waals surface area contributed by atoms with Gasteiger partial charge in [-0.05, 0) is 31.4 Å². The lowest BCUT2D eigenvalue weighted by Crippen LogP contribution is -2.40. The van der Waals surface area contributed by atoms with E-state index in [-0.39, 0.29) is 6.61 Å². The first-order valence-electron chi connectivity index (χ1n) is 6.06. The third-order valence-electron chi connectivity index (χ3n) is 2.93. The van der Waals surface area contributed by atoms with Crippen LogP contribution < -0.4 is 0 Å². The molecule has 100 valence electrons. The first-order chi connectivity index (χ1) is 8.43. The SMILES string of the molecule is CCOC(=O)C(F)C(C)(O)c1ccc(CC)cc1. The molecule has 0 saturated carbocycles. The van der Waals surface area contributed by atoms with Crippen LogP contribution in [0.25, 0.3) is 0 Å². The number of halogens is 1. The summed E-state index contributed by atoms with van der Waals surface area (Å²) in [5.41, 5.74) is -0.431. The molecule has 0 aliphatic rings. The smallest absolute Gasteiger partial charge is 0.344 e. The molecule has 0 aliphatic carbocycles. The van der Waals surface area contributed by atoms with Crippen LogP contribution in [-0.4, -0.2) is 23.9 Å². The number of esters is 1. The Kier molecular flexibility index (Phi) is 4.84. The number of benzene rings is 1. The van der Waals surface area contributed by atoms with Gasteiger partial charge in [-0.2, -0.15) is 0 Å². The van der Waals surface area contributed by atoms with Gasteiger partial charge in [-0.15, -0.1) is 0 Å². The van der Waals surface area contributed by atoms with E-state index in [0.717, 1.165) is 12.0 Å². The molecule has 0 saturated heterocycles. The van der Waals surface area contributed by atoms with E-state index < -0.39 is 17.7 Å². The molecule has 0 aliphatic heterocycles. The van der Waals surface area contributed by atoms with E-state index in [1.807, 2.05) is 19.1 Å². The highest BCUT2D eigenvalue weighted by atomic mass is 19.1. The third kappa shape index (κ3) is 3.07. The standard InChI is InChI=1S/C14H19FO3/c1-4-10-6-8-11(9-7-10)14(3,17)12(15)13(16)18-5-2/h6-9,12,17H,4-5H2,1-3H3. The highest BCUT2D eigenvalue weighted by molar-refractivity contribution is 5.76. The van der Waals surface area contributed by atoms with E-state index in [9.17, 15) is 14.3 Å². The predicted molar refractivity (Wildman–Crippen MR) is 66.9 cm³/mol. The molecule has 4 heteroatoms. The normalized spacial score (nSPS) is 15.8. The number of aliphatic hydroxyl groups is 1. The first kappa shape index (κ1) is 14.6. The van der Waals surface area contributed by atoms with Crippen molar-refractivity contribution < 1.29 is 19.0 Å². The van der Waals surface area contributed by atoms with Crippen molar-refractivity contribution in [2.45, 2.75) is 39.0 Å². The topological polar surface area (TPSA) is 46.5 Å². The molecule has 0 aromatic heterocycles. The number of alkyl halides is 1. The maximum atomic E-state index is 13.9. The molecule has 0 amide bonds. The number of aryl methyl sites for hydroxylation is 1. The van der Waals surface area contributed by atoms with Gasteiger partial charge in [0.1, 0.15) is 5.60 Å². The molecule has 1 N–H and O–H groups in total. The summed E-state index contributed by atoms with van der Waals surface area (Å²) in [4.78, 5) is 11.3. The average Bonchev–Trinajstić information content (AvgIpc) is 2.38. The predicted octanol–water partition coefficient (Wildman–Crippen LogP) is 2.36. The van der Waals surface area contributed by atoms with E-state index in [0.29, 0.717) is 5.56 Å². The van der Waals surface area contributed by atoms with Gasteiger partial charge in [-0.1, -0.05) is 31.2 Å². The number of ether oxygens (including phenoxy) is 1. The van der Waals surface area contributed by atoms with Crippen LogP contribution in [0.5, 0.6) is 0 Å². The van der Waals surface area contributed by atoms with E-state index in [2.05, 4.69) is 4.74 Å². The maximum Gasteiger partial charge on any atom is 0.344 e. The van der Waals surface area contributed by atoms with E-state index in [1.165, 1.54) is 6.92 Å². The molecule has 0 radical (unpaired) electrons. The number of hydrogen-bond donors (Lipinski definition) is 1. The third-order valence-corrected chi connectivity index (χ3v) is 2.93. The summed E-state index contributed by atoms with van der Waals surface area (Å²) in [6.45, 7) is 4.96. The van der Waals surface area contributed by atoms with E-state index in [1.54, 1.807) is 19.1 Å². The number of carbonyl (C=O) groups excluding carboxylic acids is 1. The average molecular weight is 254 g/mol. The molecule has 3 nitrogen and oxygen atoms in total. The summed E-state index contributed by atoms with van der Waals surface area (Å²) >= 11 is 0. The molecule has 0 fully saturated rings. The Morgan fingerprint density at radius 2 is 1.94 bits per heavy atom.